The van der Waals surface area contributed by atoms with Gasteiger partial charge in [-0.1, -0.05) is 19.1 Å². The van der Waals surface area contributed by atoms with Crippen molar-refractivity contribution in [3.63, 3.8) is 0 Å². The zero-order valence-electron chi connectivity index (χ0n) is 12.4. The lowest BCUT2D eigenvalue weighted by molar-refractivity contribution is -0.124. The van der Waals surface area contributed by atoms with Crippen molar-refractivity contribution in [3.05, 3.63) is 29.3 Å². The molecule has 1 amide bonds. The van der Waals surface area contributed by atoms with Crippen LogP contribution in [-0.2, 0) is 14.3 Å². The van der Waals surface area contributed by atoms with E-state index in [0.717, 1.165) is 16.8 Å². The summed E-state index contributed by atoms with van der Waals surface area (Å²) < 4.78 is 10.9. The van der Waals surface area contributed by atoms with Gasteiger partial charge < -0.3 is 14.8 Å². The van der Waals surface area contributed by atoms with Gasteiger partial charge in [0.05, 0.1) is 25.9 Å². The standard InChI is InChI=1S/C16H23NO3/c1-11-4-5-12(2)15(8-11)17-16(18)13(3)9-14-10-19-6-7-20-14/h4-5,8,13-14H,6-7,9-10H2,1-3H3,(H,17,18)/t13-,14-/m1/s1. The Morgan fingerprint density at radius 2 is 2.20 bits per heavy atom. The first-order valence-electron chi connectivity index (χ1n) is 7.13. The van der Waals surface area contributed by atoms with Crippen LogP contribution in [0.4, 0.5) is 5.69 Å². The molecule has 0 saturated carbocycles. The van der Waals surface area contributed by atoms with Crippen molar-refractivity contribution in [1.82, 2.24) is 0 Å². The topological polar surface area (TPSA) is 47.6 Å². The van der Waals surface area contributed by atoms with E-state index in [2.05, 4.69) is 5.32 Å². The van der Waals surface area contributed by atoms with Crippen LogP contribution in [0, 0.1) is 19.8 Å². The number of amides is 1. The molecular weight excluding hydrogens is 254 g/mol. The van der Waals surface area contributed by atoms with Gasteiger partial charge >= 0.3 is 0 Å². The van der Waals surface area contributed by atoms with Crippen LogP contribution >= 0.6 is 0 Å². The Hall–Kier alpha value is -1.39. The maximum Gasteiger partial charge on any atom is 0.227 e. The highest BCUT2D eigenvalue weighted by atomic mass is 16.6. The molecule has 0 radical (unpaired) electrons. The summed E-state index contributed by atoms with van der Waals surface area (Å²) in [5.41, 5.74) is 3.11. The molecule has 0 bridgehead atoms. The van der Waals surface area contributed by atoms with Gasteiger partial charge in [0.15, 0.2) is 0 Å². The quantitative estimate of drug-likeness (QED) is 0.920. The highest BCUT2D eigenvalue weighted by molar-refractivity contribution is 5.93. The second-order valence-corrected chi connectivity index (χ2v) is 5.51. The van der Waals surface area contributed by atoms with E-state index < -0.39 is 0 Å². The van der Waals surface area contributed by atoms with Gasteiger partial charge in [0, 0.05) is 11.6 Å². The number of anilines is 1. The van der Waals surface area contributed by atoms with Crippen molar-refractivity contribution in [3.8, 4) is 0 Å². The molecule has 1 fully saturated rings. The van der Waals surface area contributed by atoms with Crippen molar-refractivity contribution in [2.45, 2.75) is 33.3 Å². The van der Waals surface area contributed by atoms with E-state index in [9.17, 15) is 4.79 Å². The molecule has 0 spiro atoms. The van der Waals surface area contributed by atoms with Crippen molar-refractivity contribution in [1.29, 1.82) is 0 Å². The minimum absolute atomic E-state index is 0.0307. The second kappa shape index (κ2) is 6.86. The average molecular weight is 277 g/mol. The monoisotopic (exact) mass is 277 g/mol. The third kappa shape index (κ3) is 4.05. The van der Waals surface area contributed by atoms with E-state index in [4.69, 9.17) is 9.47 Å². The molecule has 0 aromatic heterocycles. The lowest BCUT2D eigenvalue weighted by Gasteiger charge is -2.25. The summed E-state index contributed by atoms with van der Waals surface area (Å²) in [6.45, 7) is 7.80. The molecule has 1 N–H and O–H groups in total. The number of carbonyl (C=O) groups is 1. The van der Waals surface area contributed by atoms with Crippen LogP contribution in [0.5, 0.6) is 0 Å². The van der Waals surface area contributed by atoms with E-state index in [0.29, 0.717) is 26.2 Å². The summed E-state index contributed by atoms with van der Waals surface area (Å²) in [7, 11) is 0. The Labute approximate surface area is 120 Å². The fraction of sp³-hybridized carbons (Fsp3) is 0.562. The molecule has 1 aliphatic rings. The number of ether oxygens (including phenoxy) is 2. The number of nitrogens with one attached hydrogen (secondary N) is 1. The molecule has 1 saturated heterocycles. The molecule has 0 unspecified atom stereocenters. The van der Waals surface area contributed by atoms with Crippen molar-refractivity contribution in [2.24, 2.45) is 5.92 Å². The third-order valence-corrected chi connectivity index (χ3v) is 3.60. The Bertz CT molecular complexity index is 467. The summed E-state index contributed by atoms with van der Waals surface area (Å²) in [4.78, 5) is 12.2. The van der Waals surface area contributed by atoms with E-state index >= 15 is 0 Å². The first-order chi connectivity index (χ1) is 9.56. The van der Waals surface area contributed by atoms with Crippen LogP contribution in [0.2, 0.25) is 0 Å². The maximum absolute atomic E-state index is 12.2. The van der Waals surface area contributed by atoms with Crippen LogP contribution < -0.4 is 5.32 Å². The Morgan fingerprint density at radius 3 is 2.90 bits per heavy atom. The highest BCUT2D eigenvalue weighted by Crippen LogP contribution is 2.19. The average Bonchev–Trinajstić information content (AvgIpc) is 2.44. The minimum Gasteiger partial charge on any atom is -0.376 e. The summed E-state index contributed by atoms with van der Waals surface area (Å²) in [6.07, 6.45) is 0.722. The highest BCUT2D eigenvalue weighted by Gasteiger charge is 2.22. The number of aryl methyl sites for hydroxylation is 2. The molecule has 1 heterocycles. The molecule has 1 aromatic carbocycles. The summed E-state index contributed by atoms with van der Waals surface area (Å²) in [6, 6.07) is 6.06. The fourth-order valence-electron chi connectivity index (χ4n) is 2.30. The van der Waals surface area contributed by atoms with Gasteiger partial charge in [0.2, 0.25) is 5.91 Å². The van der Waals surface area contributed by atoms with Gasteiger partial charge in [0.25, 0.3) is 0 Å². The first kappa shape index (κ1) is 15.0. The Balaban J connectivity index is 1.91. The number of benzene rings is 1. The maximum atomic E-state index is 12.2. The number of rotatable bonds is 4. The van der Waals surface area contributed by atoms with Crippen LogP contribution in [0.25, 0.3) is 0 Å². The van der Waals surface area contributed by atoms with Crippen LogP contribution in [0.1, 0.15) is 24.5 Å². The molecule has 4 heteroatoms. The van der Waals surface area contributed by atoms with E-state index in [1.807, 2.05) is 39.0 Å². The second-order valence-electron chi connectivity index (χ2n) is 5.51. The molecule has 1 aliphatic heterocycles. The summed E-state index contributed by atoms with van der Waals surface area (Å²) >= 11 is 0. The zero-order chi connectivity index (χ0) is 14.5. The third-order valence-electron chi connectivity index (χ3n) is 3.60. The van der Waals surface area contributed by atoms with Gasteiger partial charge in [-0.3, -0.25) is 4.79 Å². The SMILES string of the molecule is Cc1ccc(C)c(NC(=O)[C@H](C)C[C@@H]2COCCO2)c1. The van der Waals surface area contributed by atoms with Gasteiger partial charge in [-0.15, -0.1) is 0 Å². The Morgan fingerprint density at radius 1 is 1.40 bits per heavy atom. The van der Waals surface area contributed by atoms with Gasteiger partial charge in [-0.2, -0.15) is 0 Å². The predicted molar refractivity (Wildman–Crippen MR) is 78.9 cm³/mol. The molecular formula is C16H23NO3. The van der Waals surface area contributed by atoms with Gasteiger partial charge in [-0.05, 0) is 37.5 Å². The first-order valence-corrected chi connectivity index (χ1v) is 7.13. The number of hydrogen-bond donors (Lipinski definition) is 1. The van der Waals surface area contributed by atoms with Crippen molar-refractivity contribution in [2.75, 3.05) is 25.1 Å². The smallest absolute Gasteiger partial charge is 0.227 e. The number of hydrogen-bond acceptors (Lipinski definition) is 3. The number of carbonyl (C=O) groups excluding carboxylic acids is 1. The molecule has 20 heavy (non-hydrogen) atoms. The molecule has 2 atom stereocenters. The summed E-state index contributed by atoms with van der Waals surface area (Å²) in [5, 5.41) is 3.01. The van der Waals surface area contributed by atoms with Crippen molar-refractivity contribution < 1.29 is 14.3 Å². The van der Waals surface area contributed by atoms with Gasteiger partial charge in [0.1, 0.15) is 0 Å². The van der Waals surface area contributed by atoms with Crippen LogP contribution in [0.15, 0.2) is 18.2 Å². The molecule has 0 aliphatic carbocycles. The van der Waals surface area contributed by atoms with Crippen LogP contribution in [0.3, 0.4) is 0 Å². The summed E-state index contributed by atoms with van der Waals surface area (Å²) in [5.74, 6) is -0.0607. The van der Waals surface area contributed by atoms with E-state index in [-0.39, 0.29) is 17.9 Å². The van der Waals surface area contributed by atoms with Crippen molar-refractivity contribution >= 4 is 11.6 Å². The normalized spacial score (nSPS) is 20.4. The lowest BCUT2D eigenvalue weighted by Crippen LogP contribution is -2.33. The molecule has 2 rings (SSSR count). The predicted octanol–water partition coefficient (Wildman–Crippen LogP) is 2.68. The van der Waals surface area contributed by atoms with E-state index in [1.165, 1.54) is 0 Å². The molecule has 4 nitrogen and oxygen atoms in total. The largest absolute Gasteiger partial charge is 0.376 e. The molecule has 110 valence electrons. The van der Waals surface area contributed by atoms with Crippen LogP contribution in [-0.4, -0.2) is 31.8 Å². The Kier molecular flexibility index (Phi) is 5.15. The minimum atomic E-state index is -0.0957. The van der Waals surface area contributed by atoms with E-state index in [1.54, 1.807) is 0 Å². The fourth-order valence-corrected chi connectivity index (χ4v) is 2.30. The molecule has 1 aromatic rings. The van der Waals surface area contributed by atoms with Gasteiger partial charge in [-0.25, -0.2) is 0 Å². The zero-order valence-corrected chi connectivity index (χ0v) is 12.4. The lowest BCUT2D eigenvalue weighted by atomic mass is 10.0.